The van der Waals surface area contributed by atoms with Crippen molar-refractivity contribution in [2.75, 3.05) is 38.7 Å². The summed E-state index contributed by atoms with van der Waals surface area (Å²) in [4.78, 5) is 53.2. The lowest BCUT2D eigenvalue weighted by atomic mass is 9.89. The Kier molecular flexibility index (Phi) is 7.73. The topological polar surface area (TPSA) is 146 Å². The van der Waals surface area contributed by atoms with Crippen LogP contribution in [0.25, 0.3) is 33.4 Å². The normalized spacial score (nSPS) is 18.2. The zero-order valence-corrected chi connectivity index (χ0v) is 28.8. The molecule has 1 unspecified atom stereocenters. The zero-order chi connectivity index (χ0) is 34.9. The molecule has 1 amide bonds. The van der Waals surface area contributed by atoms with Gasteiger partial charge >= 0.3 is 5.69 Å². The number of methoxy groups -OCH3 is 1. The summed E-state index contributed by atoms with van der Waals surface area (Å²) in [5.74, 6) is 0.814. The molecule has 256 valence electrons. The van der Waals surface area contributed by atoms with Crippen LogP contribution in [0.5, 0.6) is 5.88 Å². The first kappa shape index (κ1) is 32.1. The van der Waals surface area contributed by atoms with Gasteiger partial charge in [-0.2, -0.15) is 0 Å². The SMILES string of the molecule is COc1nc(-c2cccc(-c3cccc(Nc4ncnc5c4c(=O)n(C)c(=O)n5C)c3C)c2Cl)cc2c1C(N1CC3(CNC(=O)CO3)C1)CC2. The summed E-state index contributed by atoms with van der Waals surface area (Å²) in [5.41, 5.74) is 6.07. The van der Waals surface area contributed by atoms with Crippen LogP contribution in [0, 0.1) is 6.92 Å². The molecule has 2 fully saturated rings. The van der Waals surface area contributed by atoms with Crippen molar-refractivity contribution in [3.05, 3.63) is 91.3 Å². The number of carbonyl (C=O) groups is 1. The first-order valence-corrected chi connectivity index (χ1v) is 16.8. The second kappa shape index (κ2) is 12.0. The monoisotopic (exact) mass is 694 g/mol. The first-order chi connectivity index (χ1) is 24.1. The highest BCUT2D eigenvalue weighted by Crippen LogP contribution is 2.47. The predicted octanol–water partition coefficient (Wildman–Crippen LogP) is 3.66. The van der Waals surface area contributed by atoms with E-state index in [4.69, 9.17) is 26.1 Å². The number of halogens is 1. The summed E-state index contributed by atoms with van der Waals surface area (Å²) in [6, 6.07) is 14.0. The Morgan fingerprint density at radius 2 is 1.80 bits per heavy atom. The van der Waals surface area contributed by atoms with Crippen LogP contribution in [0.4, 0.5) is 11.5 Å². The van der Waals surface area contributed by atoms with Crippen LogP contribution in [0.3, 0.4) is 0 Å². The molecule has 50 heavy (non-hydrogen) atoms. The second-order valence-electron chi connectivity index (χ2n) is 13.2. The number of hydrogen-bond donors (Lipinski definition) is 2. The fraction of sp³-hybridized carbons (Fsp3) is 0.333. The molecule has 3 aliphatic rings. The number of aryl methyl sites for hydroxylation is 2. The minimum absolute atomic E-state index is 0.0693. The van der Waals surface area contributed by atoms with Crippen LogP contribution >= 0.6 is 11.6 Å². The van der Waals surface area contributed by atoms with Crippen LogP contribution in [-0.2, 0) is 30.0 Å². The smallest absolute Gasteiger partial charge is 0.332 e. The molecule has 0 radical (unpaired) electrons. The molecule has 5 heterocycles. The number of amides is 1. The number of morpholine rings is 1. The standard InChI is InChI=1S/C36H35ClN8O5/c1-19-21(7-6-10-24(19)41-31-29-32(40-18-39-31)43(2)35(48)44(3)34(29)47)22-8-5-9-23(30(22)37)25-13-20-11-12-26(28(20)33(42-25)49-4)45-16-36(17-45)15-38-27(46)14-50-36/h5-10,13,18,26H,11-12,14-17H2,1-4H3,(H,38,46)(H,39,40,41). The summed E-state index contributed by atoms with van der Waals surface area (Å²) in [6.45, 7) is 4.09. The van der Waals surface area contributed by atoms with Crippen molar-refractivity contribution in [2.45, 2.75) is 31.4 Å². The van der Waals surface area contributed by atoms with Gasteiger partial charge < -0.3 is 20.1 Å². The van der Waals surface area contributed by atoms with Crippen molar-refractivity contribution in [3.8, 4) is 28.3 Å². The van der Waals surface area contributed by atoms with Gasteiger partial charge in [-0.15, -0.1) is 0 Å². The molecule has 14 heteroatoms. The van der Waals surface area contributed by atoms with E-state index in [2.05, 4.69) is 31.6 Å². The number of nitrogens with zero attached hydrogens (tertiary/aromatic N) is 6. The van der Waals surface area contributed by atoms with E-state index in [1.54, 1.807) is 14.2 Å². The van der Waals surface area contributed by atoms with Crippen LogP contribution in [-0.4, -0.2) is 73.8 Å². The number of ether oxygens (including phenoxy) is 2. The molecule has 0 saturated carbocycles. The van der Waals surface area contributed by atoms with E-state index in [0.717, 1.165) is 69.7 Å². The van der Waals surface area contributed by atoms with Gasteiger partial charge in [0.25, 0.3) is 5.56 Å². The molecule has 1 spiro atoms. The number of carbonyl (C=O) groups excluding carboxylic acids is 1. The number of nitrogens with one attached hydrogen (secondary N) is 2. The van der Waals surface area contributed by atoms with Gasteiger partial charge in [-0.25, -0.2) is 19.7 Å². The van der Waals surface area contributed by atoms with Gasteiger partial charge in [0.2, 0.25) is 11.8 Å². The van der Waals surface area contributed by atoms with Crippen LogP contribution in [0.2, 0.25) is 5.02 Å². The van der Waals surface area contributed by atoms with Gasteiger partial charge in [0.15, 0.2) is 5.65 Å². The molecular formula is C36H35ClN8O5. The van der Waals surface area contributed by atoms with E-state index in [0.29, 0.717) is 23.3 Å². The average Bonchev–Trinajstić information content (AvgIpc) is 3.54. The predicted molar refractivity (Wildman–Crippen MR) is 189 cm³/mol. The number of pyridine rings is 1. The maximum atomic E-state index is 13.1. The van der Waals surface area contributed by atoms with Crippen molar-refractivity contribution < 1.29 is 14.3 Å². The van der Waals surface area contributed by atoms with Crippen molar-refractivity contribution in [1.82, 2.24) is 34.3 Å². The molecule has 5 aromatic rings. The summed E-state index contributed by atoms with van der Waals surface area (Å²) in [6.07, 6.45) is 3.15. The minimum atomic E-state index is -0.485. The van der Waals surface area contributed by atoms with E-state index in [9.17, 15) is 14.4 Å². The summed E-state index contributed by atoms with van der Waals surface area (Å²) >= 11 is 7.21. The van der Waals surface area contributed by atoms with Gasteiger partial charge in [-0.1, -0.05) is 41.9 Å². The average molecular weight is 695 g/mol. The van der Waals surface area contributed by atoms with E-state index < -0.39 is 11.2 Å². The second-order valence-corrected chi connectivity index (χ2v) is 13.6. The van der Waals surface area contributed by atoms with Crippen LogP contribution in [0.15, 0.2) is 58.4 Å². The van der Waals surface area contributed by atoms with Gasteiger partial charge in [0.05, 0.1) is 17.8 Å². The molecule has 1 atom stereocenters. The number of hydrogen-bond acceptors (Lipinski definition) is 10. The number of likely N-dealkylation sites (tertiary alicyclic amines) is 1. The van der Waals surface area contributed by atoms with Crippen molar-refractivity contribution in [1.29, 1.82) is 0 Å². The minimum Gasteiger partial charge on any atom is -0.481 e. The molecule has 2 N–H and O–H groups in total. The highest BCUT2D eigenvalue weighted by atomic mass is 35.5. The number of benzene rings is 2. The number of anilines is 2. The Bertz CT molecular complexity index is 2340. The zero-order valence-electron chi connectivity index (χ0n) is 28.0. The van der Waals surface area contributed by atoms with Crippen molar-refractivity contribution in [3.63, 3.8) is 0 Å². The Balaban J connectivity index is 1.11. The third kappa shape index (κ3) is 5.07. The number of fused-ring (bicyclic) bond motifs is 2. The molecule has 13 nitrogen and oxygen atoms in total. The lowest BCUT2D eigenvalue weighted by Gasteiger charge is -2.53. The molecule has 1 aliphatic carbocycles. The van der Waals surface area contributed by atoms with Crippen molar-refractivity contribution in [2.24, 2.45) is 14.1 Å². The van der Waals surface area contributed by atoms with Gasteiger partial charge in [0, 0.05) is 62.1 Å². The van der Waals surface area contributed by atoms with E-state index in [1.807, 2.05) is 43.3 Å². The molecule has 2 aliphatic heterocycles. The maximum Gasteiger partial charge on any atom is 0.332 e. The van der Waals surface area contributed by atoms with Crippen LogP contribution < -0.4 is 26.6 Å². The molecule has 0 bridgehead atoms. The summed E-state index contributed by atoms with van der Waals surface area (Å²) < 4.78 is 14.2. The molecule has 3 aromatic heterocycles. The highest BCUT2D eigenvalue weighted by molar-refractivity contribution is 6.36. The molecular weight excluding hydrogens is 660 g/mol. The number of aromatic nitrogens is 5. The quantitative estimate of drug-likeness (QED) is 0.270. The first-order valence-electron chi connectivity index (χ1n) is 16.4. The Morgan fingerprint density at radius 3 is 2.56 bits per heavy atom. The third-order valence-electron chi connectivity index (χ3n) is 10.3. The van der Waals surface area contributed by atoms with Gasteiger partial charge in [-0.05, 0) is 48.6 Å². The fourth-order valence-electron chi connectivity index (χ4n) is 7.56. The Hall–Kier alpha value is -5.11. The van der Waals surface area contributed by atoms with Gasteiger partial charge in [0.1, 0.15) is 29.7 Å². The lowest BCUT2D eigenvalue weighted by Crippen LogP contribution is -2.70. The lowest BCUT2D eigenvalue weighted by molar-refractivity contribution is -0.179. The van der Waals surface area contributed by atoms with Crippen molar-refractivity contribution >= 4 is 40.0 Å². The largest absolute Gasteiger partial charge is 0.481 e. The van der Waals surface area contributed by atoms with E-state index >= 15 is 0 Å². The molecule has 8 rings (SSSR count). The highest BCUT2D eigenvalue weighted by Gasteiger charge is 2.50. The summed E-state index contributed by atoms with van der Waals surface area (Å²) in [5, 5.41) is 7.01. The Morgan fingerprint density at radius 1 is 1.04 bits per heavy atom. The Labute approximate surface area is 291 Å². The molecule has 2 saturated heterocycles. The molecule has 2 aromatic carbocycles. The third-order valence-corrected chi connectivity index (χ3v) is 10.7. The summed E-state index contributed by atoms with van der Waals surface area (Å²) in [7, 11) is 4.65. The fourth-order valence-corrected chi connectivity index (χ4v) is 7.88. The van der Waals surface area contributed by atoms with E-state index in [-0.39, 0.29) is 35.2 Å². The van der Waals surface area contributed by atoms with Gasteiger partial charge in [-0.3, -0.25) is 23.6 Å². The maximum absolute atomic E-state index is 13.1. The number of rotatable bonds is 6. The van der Waals surface area contributed by atoms with E-state index in [1.165, 1.54) is 23.5 Å². The van der Waals surface area contributed by atoms with Crippen LogP contribution in [0.1, 0.15) is 29.2 Å².